The fraction of sp³-hybridized carbons (Fsp3) is 0.0741. The van der Waals surface area contributed by atoms with Crippen molar-refractivity contribution < 1.29 is 37.9 Å². The maximum absolute atomic E-state index is 13.7. The van der Waals surface area contributed by atoms with Gasteiger partial charge < -0.3 is 0 Å². The fourth-order valence-corrected chi connectivity index (χ4v) is 5.96. The van der Waals surface area contributed by atoms with E-state index < -0.39 is 37.6 Å². The number of carbonyl (C=O) groups is 1. The van der Waals surface area contributed by atoms with Gasteiger partial charge in [0.05, 0.1) is 4.90 Å². The van der Waals surface area contributed by atoms with Gasteiger partial charge in [0.2, 0.25) is 10.0 Å². The minimum absolute atomic E-state index is 0.00906. The molecule has 0 bridgehead atoms. The molecular formula is C27H22IN4O5S2-. The minimum atomic E-state index is -3.84. The van der Waals surface area contributed by atoms with Crippen LogP contribution in [0.3, 0.4) is 0 Å². The molecule has 2 heterocycles. The Bertz CT molecular complexity index is 1810. The summed E-state index contributed by atoms with van der Waals surface area (Å²) in [5.41, 5.74) is 4.38. The summed E-state index contributed by atoms with van der Waals surface area (Å²) < 4.78 is 29.8. The Hall–Kier alpha value is -3.59. The van der Waals surface area contributed by atoms with E-state index in [1.165, 1.54) is 16.8 Å². The van der Waals surface area contributed by atoms with E-state index in [1.54, 1.807) is 17.5 Å². The Morgan fingerprint density at radius 1 is 1.03 bits per heavy atom. The van der Waals surface area contributed by atoms with E-state index in [2.05, 4.69) is 10.1 Å². The quantitative estimate of drug-likeness (QED) is 0.186. The summed E-state index contributed by atoms with van der Waals surface area (Å²) in [7, 11) is -3.84. The van der Waals surface area contributed by atoms with Gasteiger partial charge in [-0.3, -0.25) is 0 Å². The van der Waals surface area contributed by atoms with Crippen molar-refractivity contribution in [3.05, 3.63) is 111 Å². The molecular weight excluding hydrogens is 651 g/mol. The number of H-pyrrole nitrogens is 1. The van der Waals surface area contributed by atoms with E-state index in [1.807, 2.05) is 59.5 Å². The molecule has 0 aliphatic rings. The maximum atomic E-state index is 13.7. The number of nitrogens with two attached hydrogens (primary N) is 1. The van der Waals surface area contributed by atoms with Crippen LogP contribution in [0.2, 0.25) is 0 Å². The number of rotatable bonds is 8. The summed E-state index contributed by atoms with van der Waals surface area (Å²) in [6.45, 7) is 0. The number of hydrogen-bond donors (Lipinski definition) is 2. The number of primary sulfonamides is 1. The monoisotopic (exact) mass is 673 g/mol. The second kappa shape index (κ2) is 11.3. The zero-order valence-corrected chi connectivity index (χ0v) is 24.3. The Morgan fingerprint density at radius 2 is 1.72 bits per heavy atom. The molecule has 0 amide bonds. The van der Waals surface area contributed by atoms with Gasteiger partial charge in [0.15, 0.2) is 0 Å². The molecule has 0 aliphatic carbocycles. The number of hydrogen-bond acceptors (Lipinski definition) is 7. The Labute approximate surface area is 239 Å². The van der Waals surface area contributed by atoms with Gasteiger partial charge >= 0.3 is 182 Å². The third-order valence-corrected chi connectivity index (χ3v) is 8.51. The average molecular weight is 674 g/mol. The Balaban J connectivity index is 1.61. The number of halogens is 1. The van der Waals surface area contributed by atoms with Gasteiger partial charge in [0.25, 0.3) is 0 Å². The summed E-state index contributed by atoms with van der Waals surface area (Å²) in [6.07, 6.45) is 0.221. The van der Waals surface area contributed by atoms with Gasteiger partial charge in [0, 0.05) is 0 Å². The van der Waals surface area contributed by atoms with Gasteiger partial charge in [-0.2, -0.15) is 0 Å². The molecule has 5 aromatic rings. The van der Waals surface area contributed by atoms with Gasteiger partial charge in [-0.05, 0) is 0 Å². The molecule has 0 unspecified atom stereocenters. The number of thiazole rings is 1. The molecule has 9 nitrogen and oxygen atoms in total. The topological polar surface area (TPSA) is 137 Å². The summed E-state index contributed by atoms with van der Waals surface area (Å²) in [6, 6.07) is 23.8. The molecule has 0 fully saturated rings. The zero-order valence-electron chi connectivity index (χ0n) is 20.5. The molecule has 200 valence electrons. The molecule has 3 N–H and O–H groups in total. The van der Waals surface area contributed by atoms with Gasteiger partial charge in [-0.25, -0.2) is 13.6 Å². The first-order valence-electron chi connectivity index (χ1n) is 11.5. The molecule has 0 atom stereocenters. The SMILES string of the molecule is C[I-]OC(=O)c1csc(-n2[nH]c(-c3cccc(-c4ccccc4)c3)c(Cc3ccc(S(N)(=O)=O)cc3)c2=O)n1. The van der Waals surface area contributed by atoms with E-state index in [-0.39, 0.29) is 22.6 Å². The fourth-order valence-electron chi connectivity index (χ4n) is 4.07. The zero-order chi connectivity index (χ0) is 27.6. The molecule has 5 rings (SSSR count). The van der Waals surface area contributed by atoms with Gasteiger partial charge in [-0.15, -0.1) is 0 Å². The molecule has 2 aromatic heterocycles. The number of aromatic amines is 1. The van der Waals surface area contributed by atoms with Crippen LogP contribution in [0, 0.1) is 0 Å². The van der Waals surface area contributed by atoms with Crippen molar-refractivity contribution >= 4 is 27.3 Å². The first kappa shape index (κ1) is 27.0. The van der Waals surface area contributed by atoms with Crippen LogP contribution in [-0.4, -0.2) is 34.1 Å². The van der Waals surface area contributed by atoms with Crippen LogP contribution in [0.15, 0.2) is 93.9 Å². The normalized spacial score (nSPS) is 11.5. The number of nitrogens with one attached hydrogen (secondary N) is 1. The molecule has 3 aromatic carbocycles. The van der Waals surface area contributed by atoms with Gasteiger partial charge in [0.1, 0.15) is 0 Å². The first-order chi connectivity index (χ1) is 18.7. The van der Waals surface area contributed by atoms with Crippen molar-refractivity contribution in [1.82, 2.24) is 14.8 Å². The van der Waals surface area contributed by atoms with Crippen LogP contribution in [0.4, 0.5) is 0 Å². The Kier molecular flexibility index (Phi) is 7.79. The van der Waals surface area contributed by atoms with Crippen molar-refractivity contribution in [2.75, 3.05) is 4.93 Å². The molecule has 0 saturated heterocycles. The molecule has 12 heteroatoms. The Morgan fingerprint density at radius 3 is 2.41 bits per heavy atom. The number of carbonyl (C=O) groups excluding carboxylic acids is 1. The molecule has 0 spiro atoms. The average Bonchev–Trinajstić information content (AvgIpc) is 3.55. The first-order valence-corrected chi connectivity index (χ1v) is 17.0. The third kappa shape index (κ3) is 5.88. The second-order valence-electron chi connectivity index (χ2n) is 8.45. The van der Waals surface area contributed by atoms with Crippen LogP contribution in [0.25, 0.3) is 27.5 Å². The van der Waals surface area contributed by atoms with Crippen LogP contribution in [0.1, 0.15) is 21.6 Å². The number of aromatic nitrogens is 3. The predicted octanol–water partition coefficient (Wildman–Crippen LogP) is 0.985. The number of benzene rings is 3. The standard InChI is InChI=1S/C27H22IN4O5S2/c1-28-37-26(34)23-16-38-27(30-23)32-25(33)22(14-17-10-12-21(13-11-17)39(29,35)36)24(31-32)20-9-5-8-19(15-20)18-6-3-2-4-7-18/h2-13,15-16,31H,14H2,1H3,(H2,29,35,36)/q-1. The number of nitrogens with zero attached hydrogens (tertiary/aromatic N) is 2. The van der Waals surface area contributed by atoms with Crippen molar-refractivity contribution in [1.29, 1.82) is 0 Å². The van der Waals surface area contributed by atoms with E-state index >= 15 is 0 Å². The van der Waals surface area contributed by atoms with Crippen LogP contribution in [-0.2, 0) is 19.5 Å². The summed E-state index contributed by atoms with van der Waals surface area (Å²) in [5.74, 6) is -0.515. The van der Waals surface area contributed by atoms with Crippen LogP contribution >= 0.6 is 11.3 Å². The summed E-state index contributed by atoms with van der Waals surface area (Å²) >= 11 is 0.439. The van der Waals surface area contributed by atoms with Crippen molar-refractivity contribution in [2.24, 2.45) is 5.14 Å². The summed E-state index contributed by atoms with van der Waals surface area (Å²) in [4.78, 5) is 32.0. The number of sulfonamides is 1. The molecule has 0 aliphatic heterocycles. The van der Waals surface area contributed by atoms with Crippen molar-refractivity contribution in [3.8, 4) is 27.5 Å². The number of alkyl halides is 1. The van der Waals surface area contributed by atoms with E-state index in [0.29, 0.717) is 16.4 Å². The summed E-state index contributed by atoms with van der Waals surface area (Å²) in [5, 5.41) is 10.3. The second-order valence-corrected chi connectivity index (χ2v) is 12.2. The van der Waals surface area contributed by atoms with Crippen LogP contribution < -0.4 is 32.3 Å². The van der Waals surface area contributed by atoms with Crippen molar-refractivity contribution in [3.63, 3.8) is 0 Å². The predicted molar refractivity (Wildman–Crippen MR) is 145 cm³/mol. The molecule has 39 heavy (non-hydrogen) atoms. The van der Waals surface area contributed by atoms with Gasteiger partial charge in [-0.1, -0.05) is 30.3 Å². The van der Waals surface area contributed by atoms with E-state index in [9.17, 15) is 18.0 Å². The third-order valence-electron chi connectivity index (χ3n) is 5.92. The molecule has 0 radical (unpaired) electrons. The molecule has 0 saturated carbocycles. The van der Waals surface area contributed by atoms with Crippen molar-refractivity contribution in [2.45, 2.75) is 11.3 Å². The van der Waals surface area contributed by atoms with Crippen LogP contribution in [0.5, 0.6) is 0 Å². The van der Waals surface area contributed by atoms with E-state index in [0.717, 1.165) is 33.6 Å². The van der Waals surface area contributed by atoms with E-state index in [4.69, 9.17) is 8.21 Å².